The van der Waals surface area contributed by atoms with Gasteiger partial charge in [0.1, 0.15) is 0 Å². The van der Waals surface area contributed by atoms with Crippen LogP contribution in [0, 0.1) is 0 Å². The Bertz CT molecular complexity index is 437. The first-order chi connectivity index (χ1) is 12.0. The van der Waals surface area contributed by atoms with Gasteiger partial charge in [-0.1, -0.05) is 13.8 Å². The molecule has 0 aromatic heterocycles. The highest BCUT2D eigenvalue weighted by Gasteiger charge is 2.03. The minimum absolute atomic E-state index is 0.296. The second-order valence-corrected chi connectivity index (χ2v) is 4.72. The maximum atomic E-state index is 10.4. The Morgan fingerprint density at radius 1 is 0.615 bits per heavy atom. The van der Waals surface area contributed by atoms with Gasteiger partial charge in [0.15, 0.2) is 0 Å². The number of ether oxygens (including phenoxy) is 2. The zero-order valence-electron chi connectivity index (χ0n) is 15.4. The summed E-state index contributed by atoms with van der Waals surface area (Å²) in [6, 6.07) is 0. The van der Waals surface area contributed by atoms with Crippen LogP contribution in [0.1, 0.15) is 66.2 Å². The van der Waals surface area contributed by atoms with Crippen LogP contribution in [0.4, 0.5) is 0 Å². The molecular formula is C16H26O10. The van der Waals surface area contributed by atoms with Crippen LogP contribution in [0.5, 0.6) is 0 Å². The number of esters is 4. The summed E-state index contributed by atoms with van der Waals surface area (Å²) < 4.78 is 8.43. The molecule has 0 heterocycles. The van der Waals surface area contributed by atoms with Crippen LogP contribution in [0.25, 0.3) is 0 Å². The lowest BCUT2D eigenvalue weighted by atomic mass is 10.3. The smallest absolute Gasteiger partial charge is 0.313 e. The molecule has 2 N–H and O–H groups in total. The Balaban J connectivity index is -0.000000306. The van der Waals surface area contributed by atoms with Crippen molar-refractivity contribution in [2.45, 2.75) is 66.2 Å². The van der Waals surface area contributed by atoms with E-state index < -0.39 is 35.8 Å². The molecule has 0 aromatic carbocycles. The SMILES string of the molecule is CCCC(=O)OC(C)=O.CCCC(=O)OC(C)=O.O=C(O)CCC(=O)O. The first-order valence-corrected chi connectivity index (χ1v) is 7.82. The number of aliphatic carboxylic acids is 2. The van der Waals surface area contributed by atoms with E-state index in [9.17, 15) is 28.8 Å². The molecule has 150 valence electrons. The van der Waals surface area contributed by atoms with Gasteiger partial charge in [0.2, 0.25) is 0 Å². The number of rotatable bonds is 7. The Labute approximate surface area is 151 Å². The zero-order chi connectivity index (χ0) is 21.1. The lowest BCUT2D eigenvalue weighted by Gasteiger charge is -1.94. The molecule has 0 fully saturated rings. The van der Waals surface area contributed by atoms with Crippen molar-refractivity contribution < 1.29 is 48.5 Å². The third-order valence-electron chi connectivity index (χ3n) is 1.98. The van der Waals surface area contributed by atoms with E-state index in [0.29, 0.717) is 25.7 Å². The number of carboxylic acid groups (broad SMARTS) is 2. The Morgan fingerprint density at radius 3 is 1.04 bits per heavy atom. The lowest BCUT2D eigenvalue weighted by molar-refractivity contribution is -0.159. The molecule has 0 aliphatic rings. The van der Waals surface area contributed by atoms with E-state index in [0.717, 1.165) is 0 Å². The van der Waals surface area contributed by atoms with Gasteiger partial charge < -0.3 is 19.7 Å². The Kier molecular flexibility index (Phi) is 20.0. The fourth-order valence-corrected chi connectivity index (χ4v) is 1.04. The fourth-order valence-electron chi connectivity index (χ4n) is 1.04. The van der Waals surface area contributed by atoms with Crippen molar-refractivity contribution in [2.75, 3.05) is 0 Å². The van der Waals surface area contributed by atoms with E-state index in [1.54, 1.807) is 0 Å². The van der Waals surface area contributed by atoms with Crippen LogP contribution in [0.15, 0.2) is 0 Å². The van der Waals surface area contributed by atoms with Crippen molar-refractivity contribution in [3.8, 4) is 0 Å². The largest absolute Gasteiger partial charge is 0.481 e. The standard InChI is InChI=1S/2C6H10O3.C4H6O4/c2*1-3-4-6(8)9-5(2)7;5-3(6)1-2-4(7)8/h2*3-4H2,1-2H3;1-2H2,(H,5,6)(H,7,8). The molecule has 0 spiro atoms. The molecule has 0 unspecified atom stereocenters. The van der Waals surface area contributed by atoms with Gasteiger partial charge in [-0.2, -0.15) is 0 Å². The monoisotopic (exact) mass is 378 g/mol. The molecular weight excluding hydrogens is 352 g/mol. The maximum Gasteiger partial charge on any atom is 0.313 e. The van der Waals surface area contributed by atoms with Gasteiger partial charge in [-0.25, -0.2) is 0 Å². The number of hydrogen-bond acceptors (Lipinski definition) is 8. The molecule has 26 heavy (non-hydrogen) atoms. The van der Waals surface area contributed by atoms with E-state index >= 15 is 0 Å². The molecule has 10 heteroatoms. The third-order valence-corrected chi connectivity index (χ3v) is 1.98. The first-order valence-electron chi connectivity index (χ1n) is 7.82. The van der Waals surface area contributed by atoms with Crippen LogP contribution < -0.4 is 0 Å². The molecule has 0 atom stereocenters. The van der Waals surface area contributed by atoms with Crippen LogP contribution in [-0.2, 0) is 38.2 Å². The van der Waals surface area contributed by atoms with Gasteiger partial charge in [-0.05, 0) is 12.8 Å². The second kappa shape index (κ2) is 18.6. The van der Waals surface area contributed by atoms with Gasteiger partial charge in [-0.15, -0.1) is 0 Å². The van der Waals surface area contributed by atoms with Crippen molar-refractivity contribution >= 4 is 35.8 Å². The van der Waals surface area contributed by atoms with Crippen LogP contribution in [0.2, 0.25) is 0 Å². The summed E-state index contributed by atoms with van der Waals surface area (Å²) in [5.74, 6) is -4.10. The average Bonchev–Trinajstić information content (AvgIpc) is 2.45. The van der Waals surface area contributed by atoms with Gasteiger partial charge in [0.25, 0.3) is 0 Å². The number of hydrogen-bond donors (Lipinski definition) is 2. The summed E-state index contributed by atoms with van der Waals surface area (Å²) in [6.07, 6.45) is 1.47. The molecule has 0 aliphatic carbocycles. The van der Waals surface area contributed by atoms with E-state index in [4.69, 9.17) is 10.2 Å². The van der Waals surface area contributed by atoms with Crippen LogP contribution >= 0.6 is 0 Å². The van der Waals surface area contributed by atoms with Gasteiger partial charge in [0.05, 0.1) is 12.8 Å². The van der Waals surface area contributed by atoms with E-state index in [1.165, 1.54) is 13.8 Å². The topological polar surface area (TPSA) is 161 Å². The van der Waals surface area contributed by atoms with Crippen molar-refractivity contribution in [2.24, 2.45) is 0 Å². The quantitative estimate of drug-likeness (QED) is 0.492. The van der Waals surface area contributed by atoms with Gasteiger partial charge in [-0.3, -0.25) is 28.8 Å². The van der Waals surface area contributed by atoms with Crippen LogP contribution in [0.3, 0.4) is 0 Å². The molecule has 0 saturated carbocycles. The van der Waals surface area contributed by atoms with E-state index in [1.807, 2.05) is 13.8 Å². The zero-order valence-corrected chi connectivity index (χ0v) is 15.4. The molecule has 0 bridgehead atoms. The predicted octanol–water partition coefficient (Wildman–Crippen LogP) is 1.69. The second-order valence-electron chi connectivity index (χ2n) is 4.72. The average molecular weight is 378 g/mol. The Morgan fingerprint density at radius 2 is 0.885 bits per heavy atom. The minimum atomic E-state index is -1.08. The van der Waals surface area contributed by atoms with E-state index in [-0.39, 0.29) is 12.8 Å². The first kappa shape index (κ1) is 28.0. The van der Waals surface area contributed by atoms with Gasteiger partial charge in [0, 0.05) is 26.7 Å². The van der Waals surface area contributed by atoms with Crippen molar-refractivity contribution in [3.63, 3.8) is 0 Å². The minimum Gasteiger partial charge on any atom is -0.481 e. The normalized spacial score (nSPS) is 8.62. The van der Waals surface area contributed by atoms with E-state index in [2.05, 4.69) is 9.47 Å². The summed E-state index contributed by atoms with van der Waals surface area (Å²) in [4.78, 5) is 60.3. The van der Waals surface area contributed by atoms with Crippen molar-refractivity contribution in [1.82, 2.24) is 0 Å². The van der Waals surface area contributed by atoms with Gasteiger partial charge >= 0.3 is 35.8 Å². The van der Waals surface area contributed by atoms with Crippen LogP contribution in [-0.4, -0.2) is 46.0 Å². The highest BCUT2D eigenvalue weighted by molar-refractivity contribution is 5.84. The summed E-state index contributed by atoms with van der Waals surface area (Å²) >= 11 is 0. The van der Waals surface area contributed by atoms with Crippen molar-refractivity contribution in [3.05, 3.63) is 0 Å². The summed E-state index contributed by atoms with van der Waals surface area (Å²) in [6.45, 7) is 6.13. The summed E-state index contributed by atoms with van der Waals surface area (Å²) in [5.41, 5.74) is 0. The highest BCUT2D eigenvalue weighted by Crippen LogP contribution is 1.91. The molecule has 0 rings (SSSR count). The van der Waals surface area contributed by atoms with Crippen molar-refractivity contribution in [1.29, 1.82) is 0 Å². The third kappa shape index (κ3) is 33.0. The molecule has 0 radical (unpaired) electrons. The number of carbonyl (C=O) groups is 6. The molecule has 0 amide bonds. The molecule has 0 aliphatic heterocycles. The molecule has 0 aromatic rings. The predicted molar refractivity (Wildman–Crippen MR) is 87.9 cm³/mol. The highest BCUT2D eigenvalue weighted by atomic mass is 16.6. The summed E-state index contributed by atoms with van der Waals surface area (Å²) in [5, 5.41) is 15.8. The lowest BCUT2D eigenvalue weighted by Crippen LogP contribution is -2.07. The number of carbonyl (C=O) groups excluding carboxylic acids is 4. The maximum absolute atomic E-state index is 10.4. The Hall–Kier alpha value is -2.78. The fraction of sp³-hybridized carbons (Fsp3) is 0.625. The summed E-state index contributed by atoms with van der Waals surface area (Å²) in [7, 11) is 0. The number of carboxylic acids is 2. The molecule has 0 saturated heterocycles. The molecule has 10 nitrogen and oxygen atoms in total.